The Morgan fingerprint density at radius 2 is 2.08 bits per heavy atom. The Bertz CT molecular complexity index is 929. The molecule has 0 aliphatic carbocycles. The van der Waals surface area contributed by atoms with Crippen LogP contribution in [0.25, 0.3) is 0 Å². The van der Waals surface area contributed by atoms with Gasteiger partial charge in [0.2, 0.25) is 0 Å². The van der Waals surface area contributed by atoms with Gasteiger partial charge >= 0.3 is 0 Å². The molecule has 2 aromatic carbocycles. The SMILES string of the molecule is N#Cc1ccc2c(c1)COC2(CCn1cccn1)c1ccc(F)cc1. The fraction of sp³-hybridized carbons (Fsp3) is 0.200. The molecule has 124 valence electrons. The number of ether oxygens (including phenoxy) is 1. The van der Waals surface area contributed by atoms with Gasteiger partial charge in [0.05, 0.1) is 18.2 Å². The van der Waals surface area contributed by atoms with Gasteiger partial charge in [-0.3, -0.25) is 4.68 Å². The zero-order chi connectivity index (χ0) is 17.3. The maximum Gasteiger partial charge on any atom is 0.123 e. The van der Waals surface area contributed by atoms with Crippen molar-refractivity contribution in [3.05, 3.63) is 89.0 Å². The number of nitrogens with zero attached hydrogens (tertiary/aromatic N) is 3. The molecule has 2 heterocycles. The average molecular weight is 333 g/mol. The fourth-order valence-electron chi connectivity index (χ4n) is 3.47. The maximum atomic E-state index is 13.4. The minimum Gasteiger partial charge on any atom is -0.361 e. The molecule has 1 aliphatic rings. The summed E-state index contributed by atoms with van der Waals surface area (Å²) in [6, 6.07) is 16.1. The van der Waals surface area contributed by atoms with Crippen LogP contribution in [-0.4, -0.2) is 9.78 Å². The first-order valence-corrected chi connectivity index (χ1v) is 8.12. The van der Waals surface area contributed by atoms with Crippen molar-refractivity contribution in [2.24, 2.45) is 0 Å². The first-order chi connectivity index (χ1) is 12.2. The summed E-state index contributed by atoms with van der Waals surface area (Å²) in [6.07, 6.45) is 4.32. The van der Waals surface area contributed by atoms with Gasteiger partial charge in [-0.1, -0.05) is 18.2 Å². The van der Waals surface area contributed by atoms with Gasteiger partial charge in [-0.2, -0.15) is 10.4 Å². The summed E-state index contributed by atoms with van der Waals surface area (Å²) in [7, 11) is 0. The smallest absolute Gasteiger partial charge is 0.123 e. The summed E-state index contributed by atoms with van der Waals surface area (Å²) in [6.45, 7) is 1.10. The molecule has 3 aromatic rings. The molecule has 4 rings (SSSR count). The van der Waals surface area contributed by atoms with Crippen LogP contribution in [-0.2, 0) is 23.5 Å². The number of aromatic nitrogens is 2. The van der Waals surface area contributed by atoms with E-state index in [0.29, 0.717) is 25.1 Å². The molecule has 0 fully saturated rings. The number of rotatable bonds is 4. The molecule has 0 amide bonds. The summed E-state index contributed by atoms with van der Waals surface area (Å²) in [4.78, 5) is 0. The topological polar surface area (TPSA) is 50.8 Å². The molecule has 25 heavy (non-hydrogen) atoms. The monoisotopic (exact) mass is 333 g/mol. The normalized spacial score (nSPS) is 18.7. The van der Waals surface area contributed by atoms with Gasteiger partial charge in [-0.25, -0.2) is 4.39 Å². The summed E-state index contributed by atoms with van der Waals surface area (Å²) in [5.74, 6) is -0.274. The van der Waals surface area contributed by atoms with Gasteiger partial charge in [-0.15, -0.1) is 0 Å². The molecular weight excluding hydrogens is 317 g/mol. The third-order valence-corrected chi connectivity index (χ3v) is 4.71. The lowest BCUT2D eigenvalue weighted by atomic mass is 9.82. The van der Waals surface area contributed by atoms with Crippen molar-refractivity contribution in [1.29, 1.82) is 5.26 Å². The van der Waals surface area contributed by atoms with Crippen molar-refractivity contribution in [2.45, 2.75) is 25.2 Å². The minimum atomic E-state index is -0.664. The standard InChI is InChI=1S/C20H16FN3O/c21-18-5-3-17(4-6-18)20(8-11-24-10-1-9-23-24)19-7-2-15(13-22)12-16(19)14-25-20/h1-7,9-10,12H,8,11,14H2. The van der Waals surface area contributed by atoms with Crippen molar-refractivity contribution in [1.82, 2.24) is 9.78 Å². The second-order valence-corrected chi connectivity index (χ2v) is 6.13. The second-order valence-electron chi connectivity index (χ2n) is 6.13. The van der Waals surface area contributed by atoms with E-state index in [9.17, 15) is 4.39 Å². The van der Waals surface area contributed by atoms with E-state index in [-0.39, 0.29) is 5.82 Å². The van der Waals surface area contributed by atoms with Crippen LogP contribution in [0, 0.1) is 17.1 Å². The molecular formula is C20H16FN3O. The quantitative estimate of drug-likeness (QED) is 0.730. The molecule has 1 aliphatic heterocycles. The van der Waals surface area contributed by atoms with E-state index in [1.165, 1.54) is 12.1 Å². The van der Waals surface area contributed by atoms with Crippen LogP contribution in [0.2, 0.25) is 0 Å². The predicted molar refractivity (Wildman–Crippen MR) is 90.0 cm³/mol. The van der Waals surface area contributed by atoms with Gasteiger partial charge in [-0.05, 0) is 47.0 Å². The first kappa shape index (κ1) is 15.6. The molecule has 5 heteroatoms. The Kier molecular flexibility index (Phi) is 3.83. The van der Waals surface area contributed by atoms with E-state index < -0.39 is 5.60 Å². The fourth-order valence-corrected chi connectivity index (χ4v) is 3.47. The Morgan fingerprint density at radius 1 is 1.24 bits per heavy atom. The Morgan fingerprint density at radius 3 is 2.80 bits per heavy atom. The average Bonchev–Trinajstić information content (AvgIpc) is 3.28. The molecule has 1 unspecified atom stereocenters. The van der Waals surface area contributed by atoms with Crippen LogP contribution in [0.4, 0.5) is 4.39 Å². The number of aryl methyl sites for hydroxylation is 1. The zero-order valence-corrected chi connectivity index (χ0v) is 13.5. The first-order valence-electron chi connectivity index (χ1n) is 8.12. The summed E-state index contributed by atoms with van der Waals surface area (Å²) in [5, 5.41) is 13.4. The van der Waals surface area contributed by atoms with Gasteiger partial charge in [0.1, 0.15) is 11.4 Å². The number of benzene rings is 2. The Hall–Kier alpha value is -2.97. The number of hydrogen-bond donors (Lipinski definition) is 0. The summed E-state index contributed by atoms with van der Waals surface area (Å²) in [5.41, 5.74) is 2.89. The molecule has 1 atom stereocenters. The van der Waals surface area contributed by atoms with E-state index in [1.807, 2.05) is 29.1 Å². The van der Waals surface area contributed by atoms with Gasteiger partial charge in [0, 0.05) is 25.4 Å². The van der Waals surface area contributed by atoms with Crippen LogP contribution in [0.5, 0.6) is 0 Å². The van der Waals surface area contributed by atoms with Gasteiger partial charge in [0.15, 0.2) is 0 Å². The highest BCUT2D eigenvalue weighted by Gasteiger charge is 2.41. The lowest BCUT2D eigenvalue weighted by Crippen LogP contribution is -2.29. The number of fused-ring (bicyclic) bond motifs is 1. The van der Waals surface area contributed by atoms with Crippen molar-refractivity contribution in [3.8, 4) is 6.07 Å². The number of nitriles is 1. The molecule has 0 saturated heterocycles. The molecule has 0 bridgehead atoms. The third-order valence-electron chi connectivity index (χ3n) is 4.71. The van der Waals surface area contributed by atoms with Gasteiger partial charge < -0.3 is 4.74 Å². The molecule has 4 nitrogen and oxygen atoms in total. The van der Waals surface area contributed by atoms with E-state index in [0.717, 1.165) is 16.7 Å². The molecule has 0 spiro atoms. The summed E-state index contributed by atoms with van der Waals surface area (Å²) < 4.78 is 21.5. The van der Waals surface area contributed by atoms with Crippen LogP contribution in [0.1, 0.15) is 28.7 Å². The molecule has 0 radical (unpaired) electrons. The predicted octanol–water partition coefficient (Wildman–Crippen LogP) is 3.76. The highest BCUT2D eigenvalue weighted by Crippen LogP contribution is 2.45. The Balaban J connectivity index is 1.78. The molecule has 0 N–H and O–H groups in total. The molecule has 1 aromatic heterocycles. The highest BCUT2D eigenvalue weighted by molar-refractivity contribution is 5.47. The van der Waals surface area contributed by atoms with E-state index >= 15 is 0 Å². The van der Waals surface area contributed by atoms with Crippen molar-refractivity contribution in [2.75, 3.05) is 0 Å². The second kappa shape index (κ2) is 6.15. The highest BCUT2D eigenvalue weighted by atomic mass is 19.1. The van der Waals surface area contributed by atoms with E-state index in [1.54, 1.807) is 24.4 Å². The van der Waals surface area contributed by atoms with E-state index in [2.05, 4.69) is 11.2 Å². The van der Waals surface area contributed by atoms with Crippen molar-refractivity contribution < 1.29 is 9.13 Å². The Labute approximate surface area is 145 Å². The number of halogens is 1. The maximum absolute atomic E-state index is 13.4. The lowest BCUT2D eigenvalue weighted by molar-refractivity contribution is -0.0152. The van der Waals surface area contributed by atoms with Crippen LogP contribution >= 0.6 is 0 Å². The van der Waals surface area contributed by atoms with Crippen molar-refractivity contribution >= 4 is 0 Å². The van der Waals surface area contributed by atoms with Crippen LogP contribution in [0.3, 0.4) is 0 Å². The summed E-state index contributed by atoms with van der Waals surface area (Å²) >= 11 is 0. The minimum absolute atomic E-state index is 0.274. The lowest BCUT2D eigenvalue weighted by Gasteiger charge is -2.30. The molecule has 0 saturated carbocycles. The van der Waals surface area contributed by atoms with Crippen molar-refractivity contribution in [3.63, 3.8) is 0 Å². The number of hydrogen-bond acceptors (Lipinski definition) is 3. The van der Waals surface area contributed by atoms with Gasteiger partial charge in [0.25, 0.3) is 0 Å². The zero-order valence-electron chi connectivity index (χ0n) is 13.5. The van der Waals surface area contributed by atoms with E-state index in [4.69, 9.17) is 10.00 Å². The van der Waals surface area contributed by atoms with Crippen LogP contribution < -0.4 is 0 Å². The third kappa shape index (κ3) is 2.71. The largest absolute Gasteiger partial charge is 0.361 e. The van der Waals surface area contributed by atoms with Crippen LogP contribution in [0.15, 0.2) is 60.9 Å².